The summed E-state index contributed by atoms with van der Waals surface area (Å²) in [6, 6.07) is 5.67. The Morgan fingerprint density at radius 3 is 2.21 bits per heavy atom. The maximum absolute atomic E-state index is 13.5. The van der Waals surface area contributed by atoms with Crippen molar-refractivity contribution in [3.8, 4) is 0 Å². The van der Waals surface area contributed by atoms with E-state index in [4.69, 9.17) is 34.2 Å². The van der Waals surface area contributed by atoms with Gasteiger partial charge in [-0.2, -0.15) is 0 Å². The molecule has 1 aromatic rings. The summed E-state index contributed by atoms with van der Waals surface area (Å²) >= 11 is 0. The third kappa shape index (κ3) is 28.3. The van der Waals surface area contributed by atoms with Crippen molar-refractivity contribution >= 4 is 53.2 Å². The van der Waals surface area contributed by atoms with Crippen molar-refractivity contribution in [2.24, 2.45) is 35.3 Å². The standard InChI is InChI=1S/C37H54N6O8.C32H54O8/c1-26(2)30(24-29(44)9-5-4-6-20-43-33(46)15-16-34(43)47)35(48)40-31(10-7-17-39-36(38)49)32(45)23-27-11-13-28(14-12-27)25-51-37(50)42-19-8-18-41(3)21-22-42;1-21(20-32(7)31(40-32)24(4)30(36-8)25(5)33)10-9-11-22(2)29-23(3)12-14-28(39-29)15-13-27(35)16-17-37-18-19-38-26(6)34/h11-16,26,30-31H,4-10,17-25H2,1-3H3,(H,40,48)(H3,38,39,49);9-11,21,23-25,28-31,33H,12-20H2,1-8H3/b;10-9+,22-11+/t30-,31-;21-,23+,24-,25-,28-,29-,30-,31-,32-/m01/s1. The van der Waals surface area contributed by atoms with Crippen LogP contribution in [0.15, 0.2) is 60.2 Å². The van der Waals surface area contributed by atoms with Crippen LogP contribution in [0.3, 0.4) is 0 Å². The summed E-state index contributed by atoms with van der Waals surface area (Å²) in [5.74, 6) is -1.39. The second-order valence-electron chi connectivity index (χ2n) is 25.9. The van der Waals surface area contributed by atoms with Crippen molar-refractivity contribution in [3.63, 3.8) is 0 Å². The lowest BCUT2D eigenvalue weighted by Gasteiger charge is -2.35. The summed E-state index contributed by atoms with van der Waals surface area (Å²) in [6.07, 6.45) is 16.4. The fraction of sp³-hybridized carbons (Fsp3) is 0.696. The SMILES string of the molecule is CC(C)[C@H](CC(=O)CCCCCN1C(=O)C=CC1=O)C(=O)N[C@@H](CCCNC(N)=O)C(=O)Cc1ccc(COC(=O)N2CCCN(C)CC2)cc1.CO[C@H]([C@@H](C)[C@H]1O[C@]1(C)C[C@H](C)/C=C/C=C(\C)[C@H]1O[C@@H](CCC(=O)CCOCCOC(C)=O)CC[C@@H]1C)[C@@H](C)O. The molecule has 0 aliphatic carbocycles. The van der Waals surface area contributed by atoms with Gasteiger partial charge in [0, 0.05) is 103 Å². The second kappa shape index (κ2) is 40.1. The van der Waals surface area contributed by atoms with Crippen LogP contribution in [0.2, 0.25) is 0 Å². The van der Waals surface area contributed by atoms with E-state index in [1.807, 2.05) is 20.9 Å². The maximum atomic E-state index is 13.5. The van der Waals surface area contributed by atoms with Crippen molar-refractivity contribution in [1.29, 1.82) is 0 Å². The van der Waals surface area contributed by atoms with E-state index in [-0.39, 0.29) is 134 Å². The molecule has 91 heavy (non-hydrogen) atoms. The van der Waals surface area contributed by atoms with Gasteiger partial charge in [-0.25, -0.2) is 9.59 Å². The van der Waals surface area contributed by atoms with Crippen LogP contribution in [0.25, 0.3) is 0 Å². The fourth-order valence-electron chi connectivity index (χ4n) is 12.1. The third-order valence-electron chi connectivity index (χ3n) is 17.5. The van der Waals surface area contributed by atoms with E-state index in [0.717, 1.165) is 56.3 Å². The number of esters is 1. The molecule has 4 aliphatic rings. The van der Waals surface area contributed by atoms with Gasteiger partial charge in [0.25, 0.3) is 11.8 Å². The number of ether oxygens (including phenoxy) is 6. The fourth-order valence-corrected chi connectivity index (χ4v) is 12.1. The summed E-state index contributed by atoms with van der Waals surface area (Å²) in [5.41, 5.74) is 7.69. The average Bonchev–Trinajstić information content (AvgIpc) is 1.60. The number of epoxide rings is 1. The number of carbonyl (C=O) groups excluding carboxylic acids is 9. The molecule has 6 amide bonds. The zero-order valence-electron chi connectivity index (χ0n) is 56.2. The van der Waals surface area contributed by atoms with Gasteiger partial charge in [0.05, 0.1) is 55.4 Å². The molecule has 0 radical (unpaired) electrons. The van der Waals surface area contributed by atoms with Crippen molar-refractivity contribution in [1.82, 2.24) is 25.3 Å². The first-order valence-corrected chi connectivity index (χ1v) is 32.9. The number of allylic oxidation sites excluding steroid dienone is 3. The Balaban J connectivity index is 0.000000400. The van der Waals surface area contributed by atoms with Crippen LogP contribution in [0.4, 0.5) is 9.59 Å². The number of aliphatic hydroxyl groups is 1. The molecule has 0 spiro atoms. The summed E-state index contributed by atoms with van der Waals surface area (Å²) < 4.78 is 33.7. The summed E-state index contributed by atoms with van der Waals surface area (Å²) in [6.45, 7) is 22.2. The molecule has 11 atom stereocenters. The summed E-state index contributed by atoms with van der Waals surface area (Å²) in [4.78, 5) is 115. The number of hydrogen-bond donors (Lipinski definition) is 4. The molecule has 4 heterocycles. The number of hydrogen-bond acceptors (Lipinski definition) is 17. The van der Waals surface area contributed by atoms with Gasteiger partial charge in [0.15, 0.2) is 5.78 Å². The number of carbonyl (C=O) groups is 9. The van der Waals surface area contributed by atoms with Gasteiger partial charge >= 0.3 is 18.1 Å². The maximum Gasteiger partial charge on any atom is 0.410 e. The zero-order chi connectivity index (χ0) is 67.2. The molecule has 3 fully saturated rings. The number of methoxy groups -OCH3 is 1. The molecule has 5 N–H and O–H groups in total. The Labute approximate surface area is 540 Å². The Morgan fingerprint density at radius 2 is 1.55 bits per heavy atom. The van der Waals surface area contributed by atoms with Gasteiger partial charge in [0.1, 0.15) is 24.8 Å². The number of unbranched alkanes of at least 4 members (excludes halogenated alkanes) is 2. The van der Waals surface area contributed by atoms with E-state index in [9.17, 15) is 48.3 Å². The number of urea groups is 1. The number of ketones is 3. The second-order valence-corrected chi connectivity index (χ2v) is 25.9. The highest BCUT2D eigenvalue weighted by Crippen LogP contribution is 2.47. The lowest BCUT2D eigenvalue weighted by Crippen LogP contribution is -2.46. The molecule has 0 saturated carbocycles. The number of likely N-dealkylation sites (N-methyl/N-ethyl adjacent to an activating group) is 1. The monoisotopic (exact) mass is 1280 g/mol. The Morgan fingerprint density at radius 1 is 0.846 bits per heavy atom. The topological polar surface area (TPSA) is 292 Å². The Hall–Kier alpha value is -6.17. The normalized spacial score (nSPS) is 22.3. The molecule has 3 saturated heterocycles. The van der Waals surface area contributed by atoms with Crippen LogP contribution in [-0.4, -0.2) is 188 Å². The minimum Gasteiger partial charge on any atom is -0.463 e. The van der Waals surface area contributed by atoms with Crippen LogP contribution < -0.4 is 16.4 Å². The predicted molar refractivity (Wildman–Crippen MR) is 345 cm³/mol. The number of aliphatic hydroxyl groups excluding tert-OH is 1. The van der Waals surface area contributed by atoms with E-state index in [2.05, 4.69) is 68.4 Å². The number of benzene rings is 1. The third-order valence-corrected chi connectivity index (χ3v) is 17.5. The van der Waals surface area contributed by atoms with Crippen molar-refractivity contribution < 1.29 is 76.7 Å². The minimum atomic E-state index is -0.845. The Bertz CT molecular complexity index is 2590. The van der Waals surface area contributed by atoms with Gasteiger partial charge in [-0.3, -0.25) is 38.5 Å². The number of imide groups is 1. The highest BCUT2D eigenvalue weighted by atomic mass is 16.6. The first-order chi connectivity index (χ1) is 43.2. The van der Waals surface area contributed by atoms with Gasteiger partial charge in [-0.15, -0.1) is 0 Å². The van der Waals surface area contributed by atoms with Crippen LogP contribution in [0.1, 0.15) is 163 Å². The number of amides is 6. The molecule has 1 aromatic carbocycles. The molecular formula is C69H108N6O16. The van der Waals surface area contributed by atoms with Crippen molar-refractivity contribution in [2.45, 2.75) is 207 Å². The molecule has 5 rings (SSSR count). The first kappa shape index (κ1) is 77.3. The molecule has 0 bridgehead atoms. The molecule has 510 valence electrons. The molecule has 0 unspecified atom stereocenters. The van der Waals surface area contributed by atoms with Crippen molar-refractivity contribution in [2.75, 3.05) is 73.2 Å². The largest absolute Gasteiger partial charge is 0.463 e. The van der Waals surface area contributed by atoms with Crippen LogP contribution in [-0.2, 0) is 75.0 Å². The number of Topliss-reactive ketones (excluding diaryl/α,β-unsaturated/α-hetero) is 3. The Kier molecular flexibility index (Phi) is 34.0. The number of primary amides is 1. The van der Waals surface area contributed by atoms with E-state index >= 15 is 0 Å². The van der Waals surface area contributed by atoms with Crippen LogP contribution >= 0.6 is 0 Å². The highest BCUT2D eigenvalue weighted by molar-refractivity contribution is 6.12. The number of nitrogens with two attached hydrogens (primary N) is 1. The molecule has 4 aliphatic heterocycles. The summed E-state index contributed by atoms with van der Waals surface area (Å²) in [5, 5.41) is 15.4. The van der Waals surface area contributed by atoms with Gasteiger partial charge in [0.2, 0.25) is 5.91 Å². The van der Waals surface area contributed by atoms with Crippen LogP contribution in [0, 0.1) is 29.6 Å². The predicted octanol–water partition coefficient (Wildman–Crippen LogP) is 7.93. The van der Waals surface area contributed by atoms with Gasteiger partial charge in [-0.1, -0.05) is 83.5 Å². The van der Waals surface area contributed by atoms with E-state index < -0.39 is 24.1 Å². The zero-order valence-corrected chi connectivity index (χ0v) is 56.2. The molecule has 0 aromatic heterocycles. The quantitative estimate of drug-likeness (QED) is 0.0161. The van der Waals surface area contributed by atoms with Crippen molar-refractivity contribution in [3.05, 3.63) is 71.3 Å². The van der Waals surface area contributed by atoms with E-state index in [1.165, 1.54) is 29.5 Å². The lowest BCUT2D eigenvalue weighted by molar-refractivity contribution is -0.143. The highest BCUT2D eigenvalue weighted by Gasteiger charge is 2.57. The number of nitrogens with one attached hydrogen (secondary N) is 2. The number of rotatable bonds is 38. The summed E-state index contributed by atoms with van der Waals surface area (Å²) in [7, 11) is 3.67. The molecule has 22 heteroatoms. The lowest BCUT2D eigenvalue weighted by atomic mass is 9.85. The molecule has 22 nitrogen and oxygen atoms in total. The molecular weight excluding hydrogens is 1170 g/mol. The van der Waals surface area contributed by atoms with E-state index in [0.29, 0.717) is 83.2 Å². The van der Waals surface area contributed by atoms with Gasteiger partial charge < -0.3 is 59.7 Å². The van der Waals surface area contributed by atoms with Gasteiger partial charge in [-0.05, 0) is 127 Å². The minimum absolute atomic E-state index is 0.0293. The van der Waals surface area contributed by atoms with Crippen LogP contribution in [0.5, 0.6) is 0 Å². The first-order valence-electron chi connectivity index (χ1n) is 32.9. The number of nitrogens with zero attached hydrogens (tertiary/aromatic N) is 3. The average molecular weight is 1280 g/mol. The smallest absolute Gasteiger partial charge is 0.410 e. The van der Waals surface area contributed by atoms with E-state index in [1.54, 1.807) is 43.2 Å².